The number of oxazole rings is 1. The number of aryl methyl sites for hydroxylation is 1. The number of rotatable bonds is 3. The molecule has 0 saturated carbocycles. The summed E-state index contributed by atoms with van der Waals surface area (Å²) in [4.78, 5) is 16.4. The predicted octanol–water partition coefficient (Wildman–Crippen LogP) is 1.78. The second-order valence-corrected chi connectivity index (χ2v) is 4.80. The van der Waals surface area contributed by atoms with Gasteiger partial charge in [0.25, 0.3) is 5.91 Å². The van der Waals surface area contributed by atoms with Gasteiger partial charge in [0, 0.05) is 11.8 Å². The predicted molar refractivity (Wildman–Crippen MR) is 74.1 cm³/mol. The number of anilines is 1. The Labute approximate surface area is 121 Å². The van der Waals surface area contributed by atoms with E-state index in [9.17, 15) is 4.79 Å². The van der Waals surface area contributed by atoms with E-state index in [2.05, 4.69) is 10.3 Å². The van der Waals surface area contributed by atoms with Gasteiger partial charge in [-0.25, -0.2) is 4.98 Å². The zero-order valence-corrected chi connectivity index (χ0v) is 11.7. The molecule has 0 radical (unpaired) electrons. The third-order valence-corrected chi connectivity index (χ3v) is 3.15. The molecular formula is C14H15N3O4. The van der Waals surface area contributed by atoms with E-state index in [0.29, 0.717) is 34.4 Å². The molecule has 1 aliphatic heterocycles. The Balaban J connectivity index is 1.79. The van der Waals surface area contributed by atoms with Gasteiger partial charge < -0.3 is 24.9 Å². The summed E-state index contributed by atoms with van der Waals surface area (Å²) in [6.07, 6.45) is 1.60. The van der Waals surface area contributed by atoms with E-state index in [0.717, 1.165) is 0 Å². The van der Waals surface area contributed by atoms with Crippen molar-refractivity contribution >= 4 is 11.6 Å². The summed E-state index contributed by atoms with van der Waals surface area (Å²) < 4.78 is 15.8. The van der Waals surface area contributed by atoms with Crippen molar-refractivity contribution in [3.8, 4) is 11.5 Å². The van der Waals surface area contributed by atoms with Crippen LogP contribution in [0, 0.1) is 6.92 Å². The fraction of sp³-hybridized carbons (Fsp3) is 0.286. The molecule has 0 aliphatic carbocycles. The van der Waals surface area contributed by atoms with Crippen molar-refractivity contribution in [2.24, 2.45) is 0 Å². The normalized spacial score (nSPS) is 14.0. The Morgan fingerprint density at radius 3 is 2.76 bits per heavy atom. The summed E-state index contributed by atoms with van der Waals surface area (Å²) in [5, 5.41) is 2.79. The number of hydrogen-bond donors (Lipinski definition) is 2. The monoisotopic (exact) mass is 289 g/mol. The lowest BCUT2D eigenvalue weighted by Crippen LogP contribution is -2.27. The fourth-order valence-corrected chi connectivity index (χ4v) is 2.06. The van der Waals surface area contributed by atoms with Crippen LogP contribution < -0.4 is 20.5 Å². The average molecular weight is 289 g/mol. The number of carbonyl (C=O) groups is 1. The van der Waals surface area contributed by atoms with Gasteiger partial charge in [-0.1, -0.05) is 0 Å². The number of carbonyl (C=O) groups excluding carboxylic acids is 1. The maximum atomic E-state index is 12.3. The highest BCUT2D eigenvalue weighted by atomic mass is 16.7. The van der Waals surface area contributed by atoms with Crippen LogP contribution in [-0.2, 0) is 0 Å². The minimum Gasteiger partial charge on any atom is -0.454 e. The molecule has 0 fully saturated rings. The lowest BCUT2D eigenvalue weighted by Gasteiger charge is -2.12. The van der Waals surface area contributed by atoms with Crippen molar-refractivity contribution in [1.82, 2.24) is 10.3 Å². The number of nitrogens with zero attached hydrogens (tertiary/aromatic N) is 1. The van der Waals surface area contributed by atoms with Crippen molar-refractivity contribution < 1.29 is 18.7 Å². The van der Waals surface area contributed by atoms with Crippen LogP contribution in [0.4, 0.5) is 5.69 Å². The molecule has 1 aromatic heterocycles. The zero-order chi connectivity index (χ0) is 15.0. The Bertz CT molecular complexity index is 696. The van der Waals surface area contributed by atoms with Gasteiger partial charge in [0.2, 0.25) is 12.7 Å². The first-order chi connectivity index (χ1) is 10.0. The minimum atomic E-state index is -0.365. The Morgan fingerprint density at radius 1 is 1.38 bits per heavy atom. The van der Waals surface area contributed by atoms with Gasteiger partial charge in [-0.3, -0.25) is 4.79 Å². The molecule has 21 heavy (non-hydrogen) atoms. The van der Waals surface area contributed by atoms with Crippen LogP contribution in [-0.4, -0.2) is 17.7 Å². The molecular weight excluding hydrogens is 274 g/mol. The van der Waals surface area contributed by atoms with Crippen LogP contribution in [0.15, 0.2) is 22.7 Å². The van der Waals surface area contributed by atoms with E-state index >= 15 is 0 Å². The Morgan fingerprint density at radius 2 is 2.10 bits per heavy atom. The quantitative estimate of drug-likeness (QED) is 0.835. The molecule has 0 bridgehead atoms. The van der Waals surface area contributed by atoms with Crippen LogP contribution in [0.25, 0.3) is 0 Å². The number of hydrogen-bond acceptors (Lipinski definition) is 6. The van der Waals surface area contributed by atoms with Gasteiger partial charge in [-0.15, -0.1) is 0 Å². The first kappa shape index (κ1) is 13.3. The van der Waals surface area contributed by atoms with E-state index < -0.39 is 0 Å². The maximum absolute atomic E-state index is 12.3. The number of benzene rings is 1. The standard InChI is InChI=1S/C14H15N3O4/c1-7-5-16-14(21-7)8(2)17-13(18)9-3-11-12(4-10(9)15)20-6-19-11/h3-5,8H,6,15H2,1-2H3,(H,17,18). The number of amides is 1. The van der Waals surface area contributed by atoms with E-state index in [1.807, 2.05) is 0 Å². The van der Waals surface area contributed by atoms with Crippen molar-refractivity contribution in [2.45, 2.75) is 19.9 Å². The molecule has 2 aromatic rings. The average Bonchev–Trinajstić information content (AvgIpc) is 3.05. The lowest BCUT2D eigenvalue weighted by molar-refractivity contribution is 0.0934. The molecule has 2 heterocycles. The van der Waals surface area contributed by atoms with Crippen LogP contribution in [0.5, 0.6) is 11.5 Å². The first-order valence-corrected chi connectivity index (χ1v) is 6.47. The summed E-state index contributed by atoms with van der Waals surface area (Å²) in [6.45, 7) is 3.71. The van der Waals surface area contributed by atoms with E-state index in [1.165, 1.54) is 0 Å². The molecule has 110 valence electrons. The van der Waals surface area contributed by atoms with Crippen LogP contribution in [0.1, 0.15) is 35.0 Å². The molecule has 0 spiro atoms. The lowest BCUT2D eigenvalue weighted by atomic mass is 10.1. The van der Waals surface area contributed by atoms with Gasteiger partial charge in [-0.05, 0) is 19.9 Å². The summed E-state index contributed by atoms with van der Waals surface area (Å²) in [5.74, 6) is 1.86. The smallest absolute Gasteiger partial charge is 0.254 e. The Kier molecular flexibility index (Phi) is 3.17. The molecule has 1 unspecified atom stereocenters. The number of fused-ring (bicyclic) bond motifs is 1. The number of nitrogens with one attached hydrogen (secondary N) is 1. The summed E-state index contributed by atoms with van der Waals surface area (Å²) in [5.41, 5.74) is 6.53. The van der Waals surface area contributed by atoms with Gasteiger partial charge in [-0.2, -0.15) is 0 Å². The molecule has 0 saturated heterocycles. The number of ether oxygens (including phenoxy) is 2. The van der Waals surface area contributed by atoms with Gasteiger partial charge >= 0.3 is 0 Å². The topological polar surface area (TPSA) is 99.6 Å². The molecule has 1 amide bonds. The Hall–Kier alpha value is -2.70. The van der Waals surface area contributed by atoms with Crippen molar-refractivity contribution in [2.75, 3.05) is 12.5 Å². The molecule has 1 aliphatic rings. The maximum Gasteiger partial charge on any atom is 0.254 e. The SMILES string of the molecule is Cc1cnc(C(C)NC(=O)c2cc3c(cc2N)OCO3)o1. The molecule has 1 aromatic carbocycles. The number of nitrogen functional groups attached to an aromatic ring is 1. The molecule has 7 heteroatoms. The zero-order valence-electron chi connectivity index (χ0n) is 11.7. The van der Waals surface area contributed by atoms with Gasteiger partial charge in [0.1, 0.15) is 11.8 Å². The van der Waals surface area contributed by atoms with Crippen molar-refractivity contribution in [1.29, 1.82) is 0 Å². The minimum absolute atomic E-state index is 0.131. The van der Waals surface area contributed by atoms with E-state index in [1.54, 1.807) is 32.2 Å². The van der Waals surface area contributed by atoms with Gasteiger partial charge in [0.05, 0.1) is 11.8 Å². The first-order valence-electron chi connectivity index (χ1n) is 6.47. The van der Waals surface area contributed by atoms with Crippen LogP contribution in [0.2, 0.25) is 0 Å². The molecule has 3 rings (SSSR count). The summed E-state index contributed by atoms with van der Waals surface area (Å²) >= 11 is 0. The van der Waals surface area contributed by atoms with E-state index in [4.69, 9.17) is 19.6 Å². The largest absolute Gasteiger partial charge is 0.454 e. The highest BCUT2D eigenvalue weighted by Gasteiger charge is 2.22. The summed E-state index contributed by atoms with van der Waals surface area (Å²) in [6, 6.07) is 2.79. The highest BCUT2D eigenvalue weighted by Crippen LogP contribution is 2.36. The second kappa shape index (κ2) is 5.01. The van der Waals surface area contributed by atoms with Gasteiger partial charge in [0.15, 0.2) is 11.5 Å². The molecule has 1 atom stereocenters. The van der Waals surface area contributed by atoms with E-state index in [-0.39, 0.29) is 18.7 Å². The fourth-order valence-electron chi connectivity index (χ4n) is 2.06. The number of aromatic nitrogens is 1. The van der Waals surface area contributed by atoms with Crippen molar-refractivity contribution in [3.05, 3.63) is 35.5 Å². The van der Waals surface area contributed by atoms with Crippen LogP contribution >= 0.6 is 0 Å². The van der Waals surface area contributed by atoms with Crippen molar-refractivity contribution in [3.63, 3.8) is 0 Å². The molecule has 7 nitrogen and oxygen atoms in total. The third-order valence-electron chi connectivity index (χ3n) is 3.15. The summed E-state index contributed by atoms with van der Waals surface area (Å²) in [7, 11) is 0. The number of nitrogens with two attached hydrogens (primary N) is 1. The molecule has 3 N–H and O–H groups in total. The highest BCUT2D eigenvalue weighted by molar-refractivity contribution is 6.00. The second-order valence-electron chi connectivity index (χ2n) is 4.80. The van der Waals surface area contributed by atoms with Crippen LogP contribution in [0.3, 0.4) is 0 Å². The third kappa shape index (κ3) is 2.49.